The highest BCUT2D eigenvalue weighted by molar-refractivity contribution is 6.18. The highest BCUT2D eigenvalue weighted by Crippen LogP contribution is 2.27. The number of hydrogen-bond donors (Lipinski definition) is 0. The largest absolute Gasteiger partial charge is 0.378 e. The minimum absolute atomic E-state index is 0.285. The van der Waals surface area contributed by atoms with Crippen molar-refractivity contribution in [2.45, 2.75) is 45.6 Å². The molecule has 72 valence electrons. The first-order valence-electron chi connectivity index (χ1n) is 4.82. The zero-order chi connectivity index (χ0) is 9.03. The SMILES string of the molecule is CC(C)(CCl)CCC1CCCO1. The highest BCUT2D eigenvalue weighted by Gasteiger charge is 2.21. The molecule has 1 aliphatic heterocycles. The Balaban J connectivity index is 2.15. The molecule has 0 amide bonds. The fourth-order valence-corrected chi connectivity index (χ4v) is 1.62. The molecule has 0 aliphatic carbocycles. The summed E-state index contributed by atoms with van der Waals surface area (Å²) in [5.41, 5.74) is 0.285. The van der Waals surface area contributed by atoms with Gasteiger partial charge in [-0.25, -0.2) is 0 Å². The summed E-state index contributed by atoms with van der Waals surface area (Å²) in [5, 5.41) is 0. The van der Waals surface area contributed by atoms with Crippen molar-refractivity contribution in [2.75, 3.05) is 12.5 Å². The predicted octanol–water partition coefficient (Wildman–Crippen LogP) is 3.21. The van der Waals surface area contributed by atoms with Crippen LogP contribution in [0.2, 0.25) is 0 Å². The summed E-state index contributed by atoms with van der Waals surface area (Å²) in [4.78, 5) is 0. The van der Waals surface area contributed by atoms with Crippen molar-refractivity contribution in [1.29, 1.82) is 0 Å². The molecule has 1 unspecified atom stereocenters. The third kappa shape index (κ3) is 3.32. The molecule has 0 aromatic heterocycles. The lowest BCUT2D eigenvalue weighted by Gasteiger charge is -2.22. The van der Waals surface area contributed by atoms with Gasteiger partial charge in [0.1, 0.15) is 0 Å². The zero-order valence-corrected chi connectivity index (χ0v) is 8.86. The van der Waals surface area contributed by atoms with Gasteiger partial charge in [-0.3, -0.25) is 0 Å². The van der Waals surface area contributed by atoms with Gasteiger partial charge in [0.25, 0.3) is 0 Å². The summed E-state index contributed by atoms with van der Waals surface area (Å²) in [5.74, 6) is 0.750. The molecular weight excluding hydrogens is 172 g/mol. The Morgan fingerprint density at radius 3 is 2.75 bits per heavy atom. The number of alkyl halides is 1. The number of ether oxygens (including phenoxy) is 1. The third-order valence-corrected chi connectivity index (χ3v) is 3.25. The Hall–Kier alpha value is 0.250. The first-order chi connectivity index (χ1) is 5.64. The van der Waals surface area contributed by atoms with Crippen molar-refractivity contribution in [3.05, 3.63) is 0 Å². The van der Waals surface area contributed by atoms with Gasteiger partial charge in [0, 0.05) is 12.5 Å². The van der Waals surface area contributed by atoms with E-state index in [9.17, 15) is 0 Å². The quantitative estimate of drug-likeness (QED) is 0.619. The molecule has 0 spiro atoms. The van der Waals surface area contributed by atoms with Gasteiger partial charge in [-0.1, -0.05) is 13.8 Å². The van der Waals surface area contributed by atoms with E-state index in [0.29, 0.717) is 6.10 Å². The van der Waals surface area contributed by atoms with Gasteiger partial charge in [0.05, 0.1) is 6.10 Å². The maximum atomic E-state index is 5.84. The van der Waals surface area contributed by atoms with E-state index in [1.165, 1.54) is 25.7 Å². The molecule has 1 aliphatic rings. The van der Waals surface area contributed by atoms with E-state index >= 15 is 0 Å². The van der Waals surface area contributed by atoms with Crippen LogP contribution >= 0.6 is 11.6 Å². The van der Waals surface area contributed by atoms with Crippen molar-refractivity contribution in [1.82, 2.24) is 0 Å². The Labute approximate surface area is 80.4 Å². The molecule has 0 bridgehead atoms. The molecule has 1 heterocycles. The number of rotatable bonds is 4. The lowest BCUT2D eigenvalue weighted by atomic mass is 9.88. The van der Waals surface area contributed by atoms with Gasteiger partial charge in [-0.2, -0.15) is 0 Å². The van der Waals surface area contributed by atoms with Crippen molar-refractivity contribution in [3.8, 4) is 0 Å². The van der Waals surface area contributed by atoms with Crippen molar-refractivity contribution >= 4 is 11.6 Å². The molecule has 1 saturated heterocycles. The molecular formula is C10H19ClO. The fraction of sp³-hybridized carbons (Fsp3) is 1.00. The summed E-state index contributed by atoms with van der Waals surface area (Å²) in [7, 11) is 0. The summed E-state index contributed by atoms with van der Waals surface area (Å²) in [6.07, 6.45) is 5.37. The van der Waals surface area contributed by atoms with E-state index in [4.69, 9.17) is 16.3 Å². The van der Waals surface area contributed by atoms with E-state index in [2.05, 4.69) is 13.8 Å². The van der Waals surface area contributed by atoms with Crippen LogP contribution in [0, 0.1) is 5.41 Å². The molecule has 0 radical (unpaired) electrons. The maximum Gasteiger partial charge on any atom is 0.0576 e. The van der Waals surface area contributed by atoms with Crippen LogP contribution in [0.15, 0.2) is 0 Å². The summed E-state index contributed by atoms with van der Waals surface area (Å²) in [6.45, 7) is 5.40. The average molecular weight is 191 g/mol. The van der Waals surface area contributed by atoms with E-state index in [0.717, 1.165) is 12.5 Å². The molecule has 1 rings (SSSR count). The standard InChI is InChI=1S/C10H19ClO/c1-10(2,8-11)6-5-9-4-3-7-12-9/h9H,3-8H2,1-2H3. The average Bonchev–Trinajstić information content (AvgIpc) is 2.53. The van der Waals surface area contributed by atoms with E-state index in [1.807, 2.05) is 0 Å². The molecule has 0 aromatic rings. The molecule has 0 N–H and O–H groups in total. The van der Waals surface area contributed by atoms with Crippen LogP contribution in [-0.4, -0.2) is 18.6 Å². The van der Waals surface area contributed by atoms with Gasteiger partial charge in [0.15, 0.2) is 0 Å². The Morgan fingerprint density at radius 1 is 1.50 bits per heavy atom. The maximum absolute atomic E-state index is 5.84. The second-order valence-corrected chi connectivity index (χ2v) is 4.74. The second-order valence-electron chi connectivity index (χ2n) is 4.47. The van der Waals surface area contributed by atoms with Crippen LogP contribution in [0.3, 0.4) is 0 Å². The minimum Gasteiger partial charge on any atom is -0.378 e. The van der Waals surface area contributed by atoms with Gasteiger partial charge < -0.3 is 4.74 Å². The van der Waals surface area contributed by atoms with Crippen molar-refractivity contribution in [2.24, 2.45) is 5.41 Å². The predicted molar refractivity (Wildman–Crippen MR) is 52.7 cm³/mol. The first-order valence-corrected chi connectivity index (χ1v) is 5.35. The van der Waals surface area contributed by atoms with Gasteiger partial charge >= 0.3 is 0 Å². The zero-order valence-electron chi connectivity index (χ0n) is 8.11. The van der Waals surface area contributed by atoms with Crippen molar-refractivity contribution < 1.29 is 4.74 Å². The van der Waals surface area contributed by atoms with Crippen molar-refractivity contribution in [3.63, 3.8) is 0 Å². The topological polar surface area (TPSA) is 9.23 Å². The van der Waals surface area contributed by atoms with E-state index < -0.39 is 0 Å². The molecule has 0 aromatic carbocycles. The molecule has 0 saturated carbocycles. The van der Waals surface area contributed by atoms with Crippen LogP contribution in [0.25, 0.3) is 0 Å². The molecule has 1 fully saturated rings. The number of halogens is 1. The second kappa shape index (κ2) is 4.48. The summed E-state index contributed by atoms with van der Waals surface area (Å²) in [6, 6.07) is 0. The summed E-state index contributed by atoms with van der Waals surface area (Å²) < 4.78 is 5.55. The highest BCUT2D eigenvalue weighted by atomic mass is 35.5. The van der Waals surface area contributed by atoms with Gasteiger partial charge in [-0.15, -0.1) is 11.6 Å². The van der Waals surface area contributed by atoms with E-state index in [1.54, 1.807) is 0 Å². The summed E-state index contributed by atoms with van der Waals surface area (Å²) >= 11 is 5.84. The van der Waals surface area contributed by atoms with Crippen LogP contribution in [0.1, 0.15) is 39.5 Å². The molecule has 2 heteroatoms. The van der Waals surface area contributed by atoms with Crippen LogP contribution in [0.5, 0.6) is 0 Å². The van der Waals surface area contributed by atoms with Crippen LogP contribution in [0.4, 0.5) is 0 Å². The fourth-order valence-electron chi connectivity index (χ4n) is 1.49. The molecule has 12 heavy (non-hydrogen) atoms. The normalized spacial score (nSPS) is 24.8. The third-order valence-electron chi connectivity index (χ3n) is 2.53. The lowest BCUT2D eigenvalue weighted by Crippen LogP contribution is -2.17. The van der Waals surface area contributed by atoms with Gasteiger partial charge in [-0.05, 0) is 31.1 Å². The molecule has 1 atom stereocenters. The Morgan fingerprint density at radius 2 is 2.25 bits per heavy atom. The van der Waals surface area contributed by atoms with E-state index in [-0.39, 0.29) is 5.41 Å². The number of hydrogen-bond acceptors (Lipinski definition) is 1. The first kappa shape index (κ1) is 10.3. The Kier molecular flexibility index (Phi) is 3.85. The molecule has 1 nitrogen and oxygen atoms in total. The lowest BCUT2D eigenvalue weighted by molar-refractivity contribution is 0.0937. The van der Waals surface area contributed by atoms with Crippen LogP contribution < -0.4 is 0 Å². The van der Waals surface area contributed by atoms with Gasteiger partial charge in [0.2, 0.25) is 0 Å². The Bertz CT molecular complexity index is 128. The minimum atomic E-state index is 0.285. The smallest absolute Gasteiger partial charge is 0.0576 e. The monoisotopic (exact) mass is 190 g/mol. The van der Waals surface area contributed by atoms with Crippen LogP contribution in [-0.2, 0) is 4.74 Å².